The lowest BCUT2D eigenvalue weighted by Crippen LogP contribution is -2.41. The molecule has 2 rings (SSSR count). The molecule has 1 aliphatic heterocycles. The van der Waals surface area contributed by atoms with E-state index in [0.717, 1.165) is 11.6 Å². The van der Waals surface area contributed by atoms with Crippen molar-refractivity contribution in [2.75, 3.05) is 43.9 Å². The quantitative estimate of drug-likeness (QED) is 0.896. The van der Waals surface area contributed by atoms with Crippen LogP contribution in [0.1, 0.15) is 26.7 Å². The van der Waals surface area contributed by atoms with Crippen molar-refractivity contribution in [2.45, 2.75) is 32.7 Å². The molecule has 2 atom stereocenters. The first-order valence-corrected chi connectivity index (χ1v) is 7.72. The molecule has 1 fully saturated rings. The smallest absolute Gasteiger partial charge is 0.0766 e. The van der Waals surface area contributed by atoms with Crippen LogP contribution in [-0.2, 0) is 0 Å². The summed E-state index contributed by atoms with van der Waals surface area (Å²) in [7, 11) is 4.15. The van der Waals surface area contributed by atoms with E-state index in [4.69, 9.17) is 0 Å². The van der Waals surface area contributed by atoms with Crippen molar-refractivity contribution in [1.29, 1.82) is 0 Å². The molecule has 0 radical (unpaired) electrons. The normalized spacial score (nSPS) is 21.5. The van der Waals surface area contributed by atoms with Gasteiger partial charge in [-0.05, 0) is 44.8 Å². The predicted molar refractivity (Wildman–Crippen MR) is 86.5 cm³/mol. The summed E-state index contributed by atoms with van der Waals surface area (Å²) in [5.41, 5.74) is 2.34. The maximum Gasteiger partial charge on any atom is 0.0766 e. The molecule has 20 heavy (non-hydrogen) atoms. The molecule has 0 saturated carbocycles. The molecule has 2 unspecified atom stereocenters. The molecule has 112 valence electrons. The van der Waals surface area contributed by atoms with E-state index < -0.39 is 0 Å². The highest BCUT2D eigenvalue weighted by Crippen LogP contribution is 2.27. The van der Waals surface area contributed by atoms with Crippen molar-refractivity contribution in [3.8, 4) is 0 Å². The number of nitrogens with one attached hydrogen (secondary N) is 1. The van der Waals surface area contributed by atoms with Crippen LogP contribution in [0.2, 0.25) is 0 Å². The van der Waals surface area contributed by atoms with Gasteiger partial charge in [0.05, 0.1) is 17.6 Å². The summed E-state index contributed by atoms with van der Waals surface area (Å²) in [6, 6.07) is 2.54. The predicted octanol–water partition coefficient (Wildman–Crippen LogP) is 2.68. The van der Waals surface area contributed by atoms with Gasteiger partial charge in [0.1, 0.15) is 0 Å². The van der Waals surface area contributed by atoms with Crippen molar-refractivity contribution in [3.63, 3.8) is 0 Å². The molecule has 0 spiro atoms. The van der Waals surface area contributed by atoms with Crippen LogP contribution in [0.3, 0.4) is 0 Å². The second kappa shape index (κ2) is 6.93. The van der Waals surface area contributed by atoms with Crippen molar-refractivity contribution < 1.29 is 0 Å². The number of anilines is 2. The third-order valence-corrected chi connectivity index (χ3v) is 4.36. The minimum atomic E-state index is 0.479. The minimum Gasteiger partial charge on any atom is -0.379 e. The first kappa shape index (κ1) is 15.1. The van der Waals surface area contributed by atoms with Crippen LogP contribution in [0.5, 0.6) is 0 Å². The van der Waals surface area contributed by atoms with Gasteiger partial charge < -0.3 is 15.1 Å². The van der Waals surface area contributed by atoms with Gasteiger partial charge in [-0.3, -0.25) is 4.98 Å². The van der Waals surface area contributed by atoms with Crippen molar-refractivity contribution in [2.24, 2.45) is 5.92 Å². The Hall–Kier alpha value is -1.29. The molecule has 0 aromatic carbocycles. The van der Waals surface area contributed by atoms with Crippen molar-refractivity contribution in [3.05, 3.63) is 18.5 Å². The monoisotopic (exact) mass is 276 g/mol. The van der Waals surface area contributed by atoms with E-state index in [0.29, 0.717) is 6.04 Å². The molecule has 1 aliphatic rings. The Bertz CT molecular complexity index is 419. The number of pyridine rings is 1. The van der Waals surface area contributed by atoms with Gasteiger partial charge in [0.15, 0.2) is 0 Å². The Morgan fingerprint density at radius 1 is 1.50 bits per heavy atom. The summed E-state index contributed by atoms with van der Waals surface area (Å²) >= 11 is 0. The Kier molecular flexibility index (Phi) is 5.24. The first-order chi connectivity index (χ1) is 9.61. The van der Waals surface area contributed by atoms with Crippen LogP contribution in [0, 0.1) is 5.92 Å². The number of piperidine rings is 1. The highest BCUT2D eigenvalue weighted by Gasteiger charge is 2.24. The van der Waals surface area contributed by atoms with Gasteiger partial charge in [-0.1, -0.05) is 6.92 Å². The fraction of sp³-hybridized carbons (Fsp3) is 0.688. The second-order valence-corrected chi connectivity index (χ2v) is 6.02. The fourth-order valence-electron chi connectivity index (χ4n) is 3.04. The molecular weight excluding hydrogens is 248 g/mol. The summed E-state index contributed by atoms with van der Waals surface area (Å²) in [6.07, 6.45) is 6.43. The van der Waals surface area contributed by atoms with E-state index >= 15 is 0 Å². The molecule has 2 heterocycles. The second-order valence-electron chi connectivity index (χ2n) is 6.02. The van der Waals surface area contributed by atoms with Gasteiger partial charge in [-0.15, -0.1) is 0 Å². The number of likely N-dealkylation sites (tertiary alicyclic amines) is 1. The minimum absolute atomic E-state index is 0.479. The Balaban J connectivity index is 2.02. The first-order valence-electron chi connectivity index (χ1n) is 7.72. The van der Waals surface area contributed by atoms with Gasteiger partial charge in [0, 0.05) is 32.9 Å². The van der Waals surface area contributed by atoms with E-state index in [-0.39, 0.29) is 0 Å². The largest absolute Gasteiger partial charge is 0.379 e. The van der Waals surface area contributed by atoms with Gasteiger partial charge >= 0.3 is 0 Å². The summed E-state index contributed by atoms with van der Waals surface area (Å²) in [6.45, 7) is 8.19. The van der Waals surface area contributed by atoms with Gasteiger partial charge in [-0.25, -0.2) is 0 Å². The standard InChI is InChI=1S/C16H28N4/c1-5-20-10-6-7-14(12-20)13(2)18-15-11-17-9-8-16(15)19(3)4/h8-9,11,13-14,18H,5-7,10,12H2,1-4H3. The lowest BCUT2D eigenvalue weighted by Gasteiger charge is -2.36. The number of hydrogen-bond donors (Lipinski definition) is 1. The van der Waals surface area contributed by atoms with Crippen LogP contribution >= 0.6 is 0 Å². The Labute approximate surface area is 123 Å². The van der Waals surface area contributed by atoms with Gasteiger partial charge in [-0.2, -0.15) is 0 Å². The molecule has 4 heteroatoms. The number of nitrogens with zero attached hydrogens (tertiary/aromatic N) is 3. The average molecular weight is 276 g/mol. The zero-order chi connectivity index (χ0) is 14.5. The van der Waals surface area contributed by atoms with E-state index in [1.54, 1.807) is 0 Å². The van der Waals surface area contributed by atoms with Crippen LogP contribution in [-0.4, -0.2) is 49.7 Å². The SMILES string of the molecule is CCN1CCCC(C(C)Nc2cnccc2N(C)C)C1. The molecule has 1 aromatic heterocycles. The highest BCUT2D eigenvalue weighted by atomic mass is 15.1. The molecule has 1 N–H and O–H groups in total. The Morgan fingerprint density at radius 3 is 3.00 bits per heavy atom. The molecule has 4 nitrogen and oxygen atoms in total. The van der Waals surface area contributed by atoms with Gasteiger partial charge in [0.2, 0.25) is 0 Å². The summed E-state index contributed by atoms with van der Waals surface area (Å²) in [5.74, 6) is 0.721. The van der Waals surface area contributed by atoms with Crippen molar-refractivity contribution >= 4 is 11.4 Å². The average Bonchev–Trinajstić information content (AvgIpc) is 2.47. The van der Waals surface area contributed by atoms with Crippen LogP contribution in [0.15, 0.2) is 18.5 Å². The summed E-state index contributed by atoms with van der Waals surface area (Å²) < 4.78 is 0. The zero-order valence-electron chi connectivity index (χ0n) is 13.3. The third-order valence-electron chi connectivity index (χ3n) is 4.36. The third kappa shape index (κ3) is 3.63. The molecular formula is C16H28N4. The number of rotatable bonds is 5. The molecule has 1 saturated heterocycles. The van der Waals surface area contributed by atoms with Crippen molar-refractivity contribution in [1.82, 2.24) is 9.88 Å². The highest BCUT2D eigenvalue weighted by molar-refractivity contribution is 5.68. The number of aromatic nitrogens is 1. The maximum absolute atomic E-state index is 4.26. The summed E-state index contributed by atoms with van der Waals surface area (Å²) in [4.78, 5) is 8.95. The molecule has 0 bridgehead atoms. The molecule has 1 aromatic rings. The lowest BCUT2D eigenvalue weighted by atomic mass is 9.91. The van der Waals surface area contributed by atoms with E-state index in [2.05, 4.69) is 54.1 Å². The van der Waals surface area contributed by atoms with Crippen LogP contribution < -0.4 is 10.2 Å². The zero-order valence-corrected chi connectivity index (χ0v) is 13.3. The lowest BCUT2D eigenvalue weighted by molar-refractivity contribution is 0.172. The van der Waals surface area contributed by atoms with E-state index in [1.807, 2.05) is 12.4 Å². The molecule has 0 amide bonds. The van der Waals surface area contributed by atoms with E-state index in [9.17, 15) is 0 Å². The van der Waals surface area contributed by atoms with Gasteiger partial charge in [0.25, 0.3) is 0 Å². The fourth-order valence-corrected chi connectivity index (χ4v) is 3.04. The maximum atomic E-state index is 4.26. The topological polar surface area (TPSA) is 31.4 Å². The van der Waals surface area contributed by atoms with Crippen LogP contribution in [0.4, 0.5) is 11.4 Å². The summed E-state index contributed by atoms with van der Waals surface area (Å²) in [5, 5.41) is 3.68. The molecule has 0 aliphatic carbocycles. The van der Waals surface area contributed by atoms with Crippen LogP contribution in [0.25, 0.3) is 0 Å². The Morgan fingerprint density at radius 2 is 2.30 bits per heavy atom. The van der Waals surface area contributed by atoms with E-state index in [1.165, 1.54) is 38.2 Å². The number of hydrogen-bond acceptors (Lipinski definition) is 4.